The highest BCUT2D eigenvalue weighted by molar-refractivity contribution is 6.07. The Kier molecular flexibility index (Phi) is 5.59. The number of nitrogens with zero attached hydrogens (tertiary/aromatic N) is 2. The maximum atomic E-state index is 12.4. The number of aryl methyl sites for hydroxylation is 1. The SMILES string of the molecule is Cc1ccc(OCCN(C)C(=O)CN2C(=O)[C@H]3CCCC[C@H]3C2=O)cc1. The Labute approximate surface area is 154 Å². The van der Waals surface area contributed by atoms with E-state index in [2.05, 4.69) is 0 Å². The summed E-state index contributed by atoms with van der Waals surface area (Å²) in [7, 11) is 1.67. The van der Waals surface area contributed by atoms with Crippen LogP contribution in [0, 0.1) is 18.8 Å². The van der Waals surface area contributed by atoms with Crippen LogP contribution in [0.25, 0.3) is 0 Å². The molecular formula is C20H26N2O4. The third kappa shape index (κ3) is 3.89. The molecule has 2 aliphatic rings. The van der Waals surface area contributed by atoms with Crippen molar-refractivity contribution in [3.05, 3.63) is 29.8 Å². The van der Waals surface area contributed by atoms with Crippen LogP contribution in [0.1, 0.15) is 31.2 Å². The lowest BCUT2D eigenvalue weighted by atomic mass is 9.81. The number of amides is 3. The van der Waals surface area contributed by atoms with E-state index in [1.807, 2.05) is 31.2 Å². The number of fused-ring (bicyclic) bond motifs is 1. The lowest BCUT2D eigenvalue weighted by molar-refractivity contribution is -0.146. The third-order valence-corrected chi connectivity index (χ3v) is 5.37. The Morgan fingerprint density at radius 1 is 1.12 bits per heavy atom. The Hall–Kier alpha value is -2.37. The smallest absolute Gasteiger partial charge is 0.242 e. The predicted molar refractivity (Wildman–Crippen MR) is 96.5 cm³/mol. The molecule has 6 heteroatoms. The van der Waals surface area contributed by atoms with Crippen molar-refractivity contribution in [2.24, 2.45) is 11.8 Å². The number of carbonyl (C=O) groups is 3. The second kappa shape index (κ2) is 7.89. The highest BCUT2D eigenvalue weighted by Gasteiger charge is 2.48. The van der Waals surface area contributed by atoms with Gasteiger partial charge in [0.05, 0.1) is 18.4 Å². The molecule has 0 unspecified atom stereocenters. The minimum absolute atomic E-state index is 0.161. The molecule has 3 rings (SSSR count). The summed E-state index contributed by atoms with van der Waals surface area (Å²) >= 11 is 0. The molecule has 1 aromatic rings. The summed E-state index contributed by atoms with van der Waals surface area (Å²) < 4.78 is 5.63. The molecule has 2 fully saturated rings. The maximum Gasteiger partial charge on any atom is 0.242 e. The van der Waals surface area contributed by atoms with Crippen LogP contribution in [0.3, 0.4) is 0 Å². The normalized spacial score (nSPS) is 22.3. The predicted octanol–water partition coefficient (Wildman–Crippen LogP) is 2.01. The summed E-state index contributed by atoms with van der Waals surface area (Å²) in [5.74, 6) is -0.239. The van der Waals surface area contributed by atoms with Gasteiger partial charge in [0.1, 0.15) is 18.9 Å². The van der Waals surface area contributed by atoms with E-state index in [9.17, 15) is 14.4 Å². The van der Waals surface area contributed by atoms with Crippen LogP contribution < -0.4 is 4.74 Å². The fourth-order valence-corrected chi connectivity index (χ4v) is 3.70. The largest absolute Gasteiger partial charge is 0.492 e. The summed E-state index contributed by atoms with van der Waals surface area (Å²) in [6.07, 6.45) is 3.50. The van der Waals surface area contributed by atoms with Gasteiger partial charge in [-0.05, 0) is 31.9 Å². The van der Waals surface area contributed by atoms with E-state index in [4.69, 9.17) is 4.74 Å². The molecule has 0 N–H and O–H groups in total. The van der Waals surface area contributed by atoms with Crippen LogP contribution in [0.5, 0.6) is 5.75 Å². The molecule has 26 heavy (non-hydrogen) atoms. The van der Waals surface area contributed by atoms with Gasteiger partial charge in [0.25, 0.3) is 0 Å². The van der Waals surface area contributed by atoms with Gasteiger partial charge < -0.3 is 9.64 Å². The maximum absolute atomic E-state index is 12.4. The van der Waals surface area contributed by atoms with E-state index in [-0.39, 0.29) is 36.1 Å². The molecule has 140 valence electrons. The number of carbonyl (C=O) groups excluding carboxylic acids is 3. The zero-order valence-electron chi connectivity index (χ0n) is 15.4. The Balaban J connectivity index is 1.48. The van der Waals surface area contributed by atoms with E-state index in [0.717, 1.165) is 37.0 Å². The third-order valence-electron chi connectivity index (χ3n) is 5.37. The van der Waals surface area contributed by atoms with Gasteiger partial charge in [-0.1, -0.05) is 30.5 Å². The van der Waals surface area contributed by atoms with Crippen molar-refractivity contribution < 1.29 is 19.1 Å². The average Bonchev–Trinajstić information content (AvgIpc) is 2.88. The number of likely N-dealkylation sites (tertiary alicyclic amines) is 1. The van der Waals surface area contributed by atoms with Crippen molar-refractivity contribution in [1.82, 2.24) is 9.80 Å². The van der Waals surface area contributed by atoms with Crippen LogP contribution in [0.2, 0.25) is 0 Å². The van der Waals surface area contributed by atoms with E-state index < -0.39 is 0 Å². The summed E-state index contributed by atoms with van der Waals surface area (Å²) in [5.41, 5.74) is 1.16. The molecular weight excluding hydrogens is 332 g/mol. The molecule has 3 amide bonds. The van der Waals surface area contributed by atoms with Gasteiger partial charge in [-0.3, -0.25) is 19.3 Å². The van der Waals surface area contributed by atoms with Crippen molar-refractivity contribution in [2.75, 3.05) is 26.7 Å². The quantitative estimate of drug-likeness (QED) is 0.730. The van der Waals surface area contributed by atoms with Gasteiger partial charge in [-0.15, -0.1) is 0 Å². The fraction of sp³-hybridized carbons (Fsp3) is 0.550. The fourth-order valence-electron chi connectivity index (χ4n) is 3.70. The first-order chi connectivity index (χ1) is 12.5. The molecule has 1 saturated heterocycles. The minimum atomic E-state index is -0.238. The van der Waals surface area contributed by atoms with Crippen molar-refractivity contribution in [1.29, 1.82) is 0 Å². The Morgan fingerprint density at radius 3 is 2.27 bits per heavy atom. The van der Waals surface area contributed by atoms with E-state index in [0.29, 0.717) is 13.2 Å². The lowest BCUT2D eigenvalue weighted by Crippen LogP contribution is -2.42. The van der Waals surface area contributed by atoms with Gasteiger partial charge >= 0.3 is 0 Å². The number of rotatable bonds is 6. The number of benzene rings is 1. The molecule has 0 aromatic heterocycles. The number of likely N-dealkylation sites (N-methyl/N-ethyl adjacent to an activating group) is 1. The molecule has 0 radical (unpaired) electrons. The Bertz CT molecular complexity index is 662. The molecule has 1 aliphatic heterocycles. The number of hydrogen-bond acceptors (Lipinski definition) is 4. The van der Waals surface area contributed by atoms with Crippen LogP contribution in [-0.4, -0.2) is 54.3 Å². The second-order valence-corrected chi connectivity index (χ2v) is 7.24. The van der Waals surface area contributed by atoms with E-state index in [1.165, 1.54) is 9.80 Å². The van der Waals surface area contributed by atoms with Gasteiger partial charge in [-0.2, -0.15) is 0 Å². The van der Waals surface area contributed by atoms with E-state index >= 15 is 0 Å². The summed E-state index contributed by atoms with van der Waals surface area (Å²) in [4.78, 5) is 40.0. The molecule has 0 spiro atoms. The first kappa shape index (κ1) is 18.4. The highest BCUT2D eigenvalue weighted by atomic mass is 16.5. The summed E-state index contributed by atoms with van der Waals surface area (Å²) in [5, 5.41) is 0. The molecule has 1 aliphatic carbocycles. The highest BCUT2D eigenvalue weighted by Crippen LogP contribution is 2.37. The topological polar surface area (TPSA) is 66.9 Å². The number of hydrogen-bond donors (Lipinski definition) is 0. The molecule has 1 aromatic carbocycles. The van der Waals surface area contributed by atoms with Gasteiger partial charge in [0.15, 0.2) is 0 Å². The zero-order valence-corrected chi connectivity index (χ0v) is 15.4. The second-order valence-electron chi connectivity index (χ2n) is 7.24. The monoisotopic (exact) mass is 358 g/mol. The average molecular weight is 358 g/mol. The number of ether oxygens (including phenoxy) is 1. The van der Waals surface area contributed by atoms with Crippen LogP contribution in [-0.2, 0) is 14.4 Å². The van der Waals surface area contributed by atoms with Crippen LogP contribution in [0.15, 0.2) is 24.3 Å². The summed E-state index contributed by atoms with van der Waals surface area (Å²) in [6, 6.07) is 7.71. The van der Waals surface area contributed by atoms with Crippen molar-refractivity contribution in [2.45, 2.75) is 32.6 Å². The molecule has 0 bridgehead atoms. The number of imide groups is 1. The van der Waals surface area contributed by atoms with Gasteiger partial charge in [0, 0.05) is 7.05 Å². The molecule has 2 atom stereocenters. The van der Waals surface area contributed by atoms with Gasteiger partial charge in [0.2, 0.25) is 17.7 Å². The summed E-state index contributed by atoms with van der Waals surface area (Å²) in [6.45, 7) is 2.60. The van der Waals surface area contributed by atoms with Crippen molar-refractivity contribution >= 4 is 17.7 Å². The lowest BCUT2D eigenvalue weighted by Gasteiger charge is -2.21. The van der Waals surface area contributed by atoms with Crippen molar-refractivity contribution in [3.63, 3.8) is 0 Å². The first-order valence-electron chi connectivity index (χ1n) is 9.26. The molecule has 1 heterocycles. The van der Waals surface area contributed by atoms with Crippen LogP contribution >= 0.6 is 0 Å². The molecule has 6 nitrogen and oxygen atoms in total. The zero-order chi connectivity index (χ0) is 18.7. The Morgan fingerprint density at radius 2 is 1.69 bits per heavy atom. The van der Waals surface area contributed by atoms with Gasteiger partial charge in [-0.25, -0.2) is 0 Å². The standard InChI is InChI=1S/C20H26N2O4/c1-14-7-9-15(10-8-14)26-12-11-21(2)18(23)13-22-19(24)16-5-3-4-6-17(16)20(22)25/h7-10,16-17H,3-6,11-13H2,1-2H3/t16-,17+. The van der Waals surface area contributed by atoms with Crippen LogP contribution in [0.4, 0.5) is 0 Å². The first-order valence-corrected chi connectivity index (χ1v) is 9.26. The van der Waals surface area contributed by atoms with E-state index in [1.54, 1.807) is 7.05 Å². The molecule has 1 saturated carbocycles. The van der Waals surface area contributed by atoms with Crippen molar-refractivity contribution in [3.8, 4) is 5.75 Å². The minimum Gasteiger partial charge on any atom is -0.492 e.